The standard InChI is InChI=1S/C11H10F2N2/c12-11(13)6-10(11,14)8-5-15-9-4-2-1-3-7(8)9/h1-5,15H,6,14H2. The van der Waals surface area contributed by atoms with Gasteiger partial charge in [0.25, 0.3) is 5.92 Å². The van der Waals surface area contributed by atoms with Gasteiger partial charge < -0.3 is 10.7 Å². The maximum Gasteiger partial charge on any atom is 0.272 e. The zero-order valence-corrected chi connectivity index (χ0v) is 7.93. The first-order valence-corrected chi connectivity index (χ1v) is 4.78. The van der Waals surface area contributed by atoms with Crippen LogP contribution in [0.15, 0.2) is 30.5 Å². The maximum absolute atomic E-state index is 13.1. The van der Waals surface area contributed by atoms with E-state index >= 15 is 0 Å². The smallest absolute Gasteiger partial charge is 0.272 e. The number of aromatic amines is 1. The molecule has 1 saturated carbocycles. The predicted molar refractivity (Wildman–Crippen MR) is 53.7 cm³/mol. The number of halogens is 2. The minimum absolute atomic E-state index is 0.262. The van der Waals surface area contributed by atoms with Crippen molar-refractivity contribution in [2.45, 2.75) is 17.9 Å². The van der Waals surface area contributed by atoms with Gasteiger partial charge in [-0.05, 0) is 6.07 Å². The van der Waals surface area contributed by atoms with Crippen molar-refractivity contribution < 1.29 is 8.78 Å². The number of hydrogen-bond acceptors (Lipinski definition) is 1. The highest BCUT2D eigenvalue weighted by atomic mass is 19.3. The number of alkyl halides is 2. The van der Waals surface area contributed by atoms with Gasteiger partial charge in [-0.3, -0.25) is 0 Å². The Bertz CT molecular complexity index is 532. The van der Waals surface area contributed by atoms with Gasteiger partial charge in [0.2, 0.25) is 0 Å². The van der Waals surface area contributed by atoms with Crippen LogP contribution in [0.4, 0.5) is 8.78 Å². The zero-order valence-electron chi connectivity index (χ0n) is 7.93. The Balaban J connectivity index is 2.21. The van der Waals surface area contributed by atoms with Crippen LogP contribution in [0.25, 0.3) is 10.9 Å². The third kappa shape index (κ3) is 0.997. The molecule has 0 saturated heterocycles. The second-order valence-corrected chi connectivity index (χ2v) is 4.10. The summed E-state index contributed by atoms with van der Waals surface area (Å²) in [4.78, 5) is 2.96. The molecular formula is C11H10F2N2. The van der Waals surface area contributed by atoms with E-state index in [0.717, 1.165) is 10.9 Å². The largest absolute Gasteiger partial charge is 0.361 e. The Hall–Kier alpha value is -1.42. The molecule has 1 aromatic heterocycles. The Morgan fingerprint density at radius 3 is 2.60 bits per heavy atom. The van der Waals surface area contributed by atoms with Crippen LogP contribution in [0.5, 0.6) is 0 Å². The normalized spacial score (nSPS) is 28.2. The summed E-state index contributed by atoms with van der Waals surface area (Å²) in [6, 6.07) is 7.34. The van der Waals surface area contributed by atoms with Gasteiger partial charge in [-0.15, -0.1) is 0 Å². The number of para-hydroxylation sites is 1. The van der Waals surface area contributed by atoms with Crippen molar-refractivity contribution in [2.24, 2.45) is 5.73 Å². The summed E-state index contributed by atoms with van der Waals surface area (Å²) >= 11 is 0. The van der Waals surface area contributed by atoms with Crippen LogP contribution >= 0.6 is 0 Å². The molecule has 1 atom stereocenters. The number of nitrogens with one attached hydrogen (secondary N) is 1. The lowest BCUT2D eigenvalue weighted by Gasteiger charge is -2.08. The van der Waals surface area contributed by atoms with E-state index in [4.69, 9.17) is 5.73 Å². The molecule has 0 radical (unpaired) electrons. The minimum atomic E-state index is -2.77. The fourth-order valence-corrected chi connectivity index (χ4v) is 2.04. The summed E-state index contributed by atoms with van der Waals surface area (Å²) < 4.78 is 26.3. The molecule has 4 heteroatoms. The number of rotatable bonds is 1. The molecule has 3 N–H and O–H groups in total. The fraction of sp³-hybridized carbons (Fsp3) is 0.273. The Labute approximate surface area is 85.1 Å². The van der Waals surface area contributed by atoms with Crippen LogP contribution in [-0.4, -0.2) is 10.9 Å². The Kier molecular flexibility index (Phi) is 1.41. The molecule has 1 unspecified atom stereocenters. The lowest BCUT2D eigenvalue weighted by atomic mass is 10.0. The summed E-state index contributed by atoms with van der Waals surface area (Å²) in [5, 5.41) is 0.789. The SMILES string of the molecule is NC1(c2c[nH]c3ccccc23)CC1(F)F. The van der Waals surface area contributed by atoms with E-state index in [-0.39, 0.29) is 6.42 Å². The molecule has 1 aliphatic rings. The third-order valence-corrected chi connectivity index (χ3v) is 3.10. The minimum Gasteiger partial charge on any atom is -0.361 e. The van der Waals surface area contributed by atoms with Gasteiger partial charge in [0.15, 0.2) is 0 Å². The van der Waals surface area contributed by atoms with E-state index in [2.05, 4.69) is 4.98 Å². The summed E-state index contributed by atoms with van der Waals surface area (Å²) in [5.74, 6) is -2.77. The van der Waals surface area contributed by atoms with Crippen molar-refractivity contribution in [3.63, 3.8) is 0 Å². The van der Waals surface area contributed by atoms with Gasteiger partial charge in [-0.25, -0.2) is 8.78 Å². The summed E-state index contributed by atoms with van der Waals surface area (Å²) in [5.41, 5.74) is 5.58. The van der Waals surface area contributed by atoms with Crippen molar-refractivity contribution in [3.8, 4) is 0 Å². The second kappa shape index (κ2) is 2.39. The molecule has 1 aliphatic carbocycles. The van der Waals surface area contributed by atoms with Crippen LogP contribution in [-0.2, 0) is 5.54 Å². The average molecular weight is 208 g/mol. The van der Waals surface area contributed by atoms with E-state index in [0.29, 0.717) is 5.56 Å². The quantitative estimate of drug-likeness (QED) is 0.742. The average Bonchev–Trinajstić information content (AvgIpc) is 2.61. The molecule has 2 aromatic rings. The van der Waals surface area contributed by atoms with Gasteiger partial charge in [0, 0.05) is 29.1 Å². The number of hydrogen-bond donors (Lipinski definition) is 2. The first-order chi connectivity index (χ1) is 7.05. The van der Waals surface area contributed by atoms with E-state index in [1.165, 1.54) is 0 Å². The fourth-order valence-electron chi connectivity index (χ4n) is 2.04. The molecule has 1 heterocycles. The lowest BCUT2D eigenvalue weighted by Crippen LogP contribution is -2.26. The molecule has 0 amide bonds. The van der Waals surface area contributed by atoms with Crippen LogP contribution in [0.2, 0.25) is 0 Å². The highest BCUT2D eigenvalue weighted by Crippen LogP contribution is 2.58. The number of H-pyrrole nitrogens is 1. The van der Waals surface area contributed by atoms with Crippen LogP contribution in [0.1, 0.15) is 12.0 Å². The Morgan fingerprint density at radius 2 is 1.93 bits per heavy atom. The summed E-state index contributed by atoms with van der Waals surface area (Å²) in [7, 11) is 0. The van der Waals surface area contributed by atoms with Gasteiger partial charge >= 0.3 is 0 Å². The second-order valence-electron chi connectivity index (χ2n) is 4.10. The van der Waals surface area contributed by atoms with Crippen molar-refractivity contribution in [1.82, 2.24) is 4.98 Å². The topological polar surface area (TPSA) is 41.8 Å². The van der Waals surface area contributed by atoms with Gasteiger partial charge in [0.1, 0.15) is 5.54 Å². The number of aromatic nitrogens is 1. The van der Waals surface area contributed by atoms with Crippen LogP contribution in [0, 0.1) is 0 Å². The highest BCUT2D eigenvalue weighted by Gasteiger charge is 2.70. The molecule has 0 aliphatic heterocycles. The molecule has 0 spiro atoms. The van der Waals surface area contributed by atoms with E-state index in [9.17, 15) is 8.78 Å². The lowest BCUT2D eigenvalue weighted by molar-refractivity contribution is 0.0894. The molecular weight excluding hydrogens is 198 g/mol. The van der Waals surface area contributed by atoms with Crippen LogP contribution < -0.4 is 5.73 Å². The first-order valence-electron chi connectivity index (χ1n) is 4.78. The van der Waals surface area contributed by atoms with E-state index in [1.54, 1.807) is 6.20 Å². The molecule has 1 aromatic carbocycles. The van der Waals surface area contributed by atoms with Crippen molar-refractivity contribution >= 4 is 10.9 Å². The number of fused-ring (bicyclic) bond motifs is 1. The van der Waals surface area contributed by atoms with Crippen molar-refractivity contribution in [2.75, 3.05) is 0 Å². The molecule has 78 valence electrons. The van der Waals surface area contributed by atoms with Crippen LogP contribution in [0.3, 0.4) is 0 Å². The van der Waals surface area contributed by atoms with Crippen molar-refractivity contribution in [3.05, 3.63) is 36.0 Å². The summed E-state index contributed by atoms with van der Waals surface area (Å²) in [6.45, 7) is 0. The Morgan fingerprint density at radius 1 is 1.27 bits per heavy atom. The molecule has 3 rings (SSSR count). The van der Waals surface area contributed by atoms with E-state index in [1.807, 2.05) is 24.3 Å². The van der Waals surface area contributed by atoms with Crippen molar-refractivity contribution in [1.29, 1.82) is 0 Å². The first kappa shape index (κ1) is 8.85. The predicted octanol–water partition coefficient (Wildman–Crippen LogP) is 2.36. The molecule has 0 bridgehead atoms. The number of benzene rings is 1. The van der Waals surface area contributed by atoms with Gasteiger partial charge in [0.05, 0.1) is 0 Å². The maximum atomic E-state index is 13.1. The van der Waals surface area contributed by atoms with Gasteiger partial charge in [-0.2, -0.15) is 0 Å². The number of nitrogens with two attached hydrogens (primary N) is 1. The van der Waals surface area contributed by atoms with Gasteiger partial charge in [-0.1, -0.05) is 18.2 Å². The highest BCUT2D eigenvalue weighted by molar-refractivity contribution is 5.85. The van der Waals surface area contributed by atoms with E-state index < -0.39 is 11.5 Å². The summed E-state index contributed by atoms with van der Waals surface area (Å²) in [6.07, 6.45) is 1.33. The monoisotopic (exact) mass is 208 g/mol. The molecule has 15 heavy (non-hydrogen) atoms. The zero-order chi connectivity index (χ0) is 10.7. The molecule has 1 fully saturated rings. The molecule has 2 nitrogen and oxygen atoms in total. The third-order valence-electron chi connectivity index (χ3n) is 3.10.